The van der Waals surface area contributed by atoms with Crippen LogP contribution in [0.25, 0.3) is 0 Å². The first-order valence-corrected chi connectivity index (χ1v) is 7.96. The highest BCUT2D eigenvalue weighted by Crippen LogP contribution is 2.29. The molecule has 6 heteroatoms. The highest BCUT2D eigenvalue weighted by atomic mass is 35.5. The summed E-state index contributed by atoms with van der Waals surface area (Å²) in [5, 5.41) is 6.48. The molecule has 2 aromatic rings. The number of halogens is 2. The van der Waals surface area contributed by atoms with Crippen LogP contribution in [-0.2, 0) is 4.79 Å². The number of nitrogens with one attached hydrogen (secondary N) is 2. The molecular weight excluding hydrogens is 335 g/mol. The highest BCUT2D eigenvalue weighted by molar-refractivity contribution is 6.44. The predicted molar refractivity (Wildman–Crippen MR) is 95.8 cm³/mol. The Morgan fingerprint density at radius 3 is 2.48 bits per heavy atom. The van der Waals surface area contributed by atoms with Crippen molar-refractivity contribution < 1.29 is 9.53 Å². The molecule has 2 N–H and O–H groups in total. The summed E-state index contributed by atoms with van der Waals surface area (Å²) in [5.74, 6) is 0.581. The molecule has 0 bridgehead atoms. The number of rotatable bonds is 6. The third-order valence-corrected chi connectivity index (χ3v) is 3.72. The standard InChI is InChI=1S/C17H18Cl2N2O2/c1-11(2)23-13-8-6-12(7-9-13)20-10-16(22)21-15-5-3-4-14(18)17(15)19/h3-9,11,20H,10H2,1-2H3,(H,21,22). The maximum atomic E-state index is 12.0. The molecule has 0 aliphatic carbocycles. The zero-order valence-electron chi connectivity index (χ0n) is 12.9. The molecule has 0 fully saturated rings. The molecule has 0 unspecified atom stereocenters. The van der Waals surface area contributed by atoms with Crippen LogP contribution in [0, 0.1) is 0 Å². The van der Waals surface area contributed by atoms with E-state index < -0.39 is 0 Å². The van der Waals surface area contributed by atoms with Gasteiger partial charge in [0.2, 0.25) is 5.91 Å². The first-order chi connectivity index (χ1) is 11.0. The molecule has 122 valence electrons. The van der Waals surface area contributed by atoms with E-state index in [1.54, 1.807) is 18.2 Å². The Morgan fingerprint density at radius 1 is 1.13 bits per heavy atom. The third kappa shape index (κ3) is 5.34. The van der Waals surface area contributed by atoms with E-state index in [-0.39, 0.29) is 18.6 Å². The zero-order valence-corrected chi connectivity index (χ0v) is 14.4. The molecule has 0 radical (unpaired) electrons. The van der Waals surface area contributed by atoms with Crippen LogP contribution in [0.2, 0.25) is 10.0 Å². The Hall–Kier alpha value is -1.91. The minimum atomic E-state index is -0.211. The van der Waals surface area contributed by atoms with E-state index >= 15 is 0 Å². The van der Waals surface area contributed by atoms with Crippen molar-refractivity contribution in [2.24, 2.45) is 0 Å². The quantitative estimate of drug-likeness (QED) is 0.782. The summed E-state index contributed by atoms with van der Waals surface area (Å²) < 4.78 is 5.56. The molecule has 0 spiro atoms. The molecular formula is C17H18Cl2N2O2. The maximum Gasteiger partial charge on any atom is 0.243 e. The molecule has 0 aromatic heterocycles. The molecule has 0 saturated heterocycles. The highest BCUT2D eigenvalue weighted by Gasteiger charge is 2.08. The topological polar surface area (TPSA) is 50.4 Å². The first-order valence-electron chi connectivity index (χ1n) is 7.20. The number of carbonyl (C=O) groups is 1. The molecule has 1 amide bonds. The van der Waals surface area contributed by atoms with E-state index in [0.29, 0.717) is 15.7 Å². The normalized spacial score (nSPS) is 10.5. The number of ether oxygens (including phenoxy) is 1. The number of hydrogen-bond donors (Lipinski definition) is 2. The van der Waals surface area contributed by atoms with Gasteiger partial charge in [0.15, 0.2) is 0 Å². The van der Waals surface area contributed by atoms with Crippen LogP contribution < -0.4 is 15.4 Å². The van der Waals surface area contributed by atoms with Gasteiger partial charge in [-0.2, -0.15) is 0 Å². The van der Waals surface area contributed by atoms with Crippen molar-refractivity contribution in [1.82, 2.24) is 0 Å². The van der Waals surface area contributed by atoms with Crippen molar-refractivity contribution in [2.45, 2.75) is 20.0 Å². The van der Waals surface area contributed by atoms with Gasteiger partial charge in [0, 0.05) is 5.69 Å². The van der Waals surface area contributed by atoms with Gasteiger partial charge in [-0.3, -0.25) is 4.79 Å². The minimum absolute atomic E-state index is 0.118. The predicted octanol–water partition coefficient (Wildman–Crippen LogP) is 4.83. The van der Waals surface area contributed by atoms with Crippen molar-refractivity contribution in [2.75, 3.05) is 17.2 Å². The van der Waals surface area contributed by atoms with Crippen molar-refractivity contribution >= 4 is 40.5 Å². The lowest BCUT2D eigenvalue weighted by Crippen LogP contribution is -2.21. The van der Waals surface area contributed by atoms with Gasteiger partial charge in [-0.05, 0) is 50.2 Å². The van der Waals surface area contributed by atoms with Crippen LogP contribution in [0.3, 0.4) is 0 Å². The molecule has 23 heavy (non-hydrogen) atoms. The smallest absolute Gasteiger partial charge is 0.243 e. The average Bonchev–Trinajstić information content (AvgIpc) is 2.51. The van der Waals surface area contributed by atoms with E-state index in [2.05, 4.69) is 10.6 Å². The number of carbonyl (C=O) groups excluding carboxylic acids is 1. The summed E-state index contributed by atoms with van der Waals surface area (Å²) in [6.45, 7) is 4.06. The summed E-state index contributed by atoms with van der Waals surface area (Å²) in [6.07, 6.45) is 0.127. The van der Waals surface area contributed by atoms with Gasteiger partial charge in [-0.15, -0.1) is 0 Å². The second-order valence-electron chi connectivity index (χ2n) is 5.19. The van der Waals surface area contributed by atoms with E-state index in [0.717, 1.165) is 11.4 Å². The van der Waals surface area contributed by atoms with Gasteiger partial charge in [0.05, 0.1) is 28.4 Å². The van der Waals surface area contributed by atoms with Crippen LogP contribution in [0.15, 0.2) is 42.5 Å². The molecule has 0 aliphatic rings. The van der Waals surface area contributed by atoms with E-state index in [4.69, 9.17) is 27.9 Å². The monoisotopic (exact) mass is 352 g/mol. The Kier molecular flexibility index (Phi) is 6.13. The minimum Gasteiger partial charge on any atom is -0.491 e. The number of amides is 1. The van der Waals surface area contributed by atoms with E-state index in [1.165, 1.54) is 0 Å². The lowest BCUT2D eigenvalue weighted by Gasteiger charge is -2.12. The van der Waals surface area contributed by atoms with Gasteiger partial charge >= 0.3 is 0 Å². The molecule has 2 aromatic carbocycles. The number of hydrogen-bond acceptors (Lipinski definition) is 3. The lowest BCUT2D eigenvalue weighted by molar-refractivity contribution is -0.114. The summed E-state index contributed by atoms with van der Waals surface area (Å²) >= 11 is 11.9. The van der Waals surface area contributed by atoms with Crippen molar-refractivity contribution in [3.05, 3.63) is 52.5 Å². The largest absolute Gasteiger partial charge is 0.491 e. The summed E-state index contributed by atoms with van der Waals surface area (Å²) in [4.78, 5) is 12.0. The Morgan fingerprint density at radius 2 is 1.83 bits per heavy atom. The second-order valence-corrected chi connectivity index (χ2v) is 5.98. The molecule has 0 atom stereocenters. The number of anilines is 2. The average molecular weight is 353 g/mol. The third-order valence-electron chi connectivity index (χ3n) is 2.90. The van der Waals surface area contributed by atoms with Crippen LogP contribution >= 0.6 is 23.2 Å². The SMILES string of the molecule is CC(C)Oc1ccc(NCC(=O)Nc2cccc(Cl)c2Cl)cc1. The summed E-state index contributed by atoms with van der Waals surface area (Å²) in [7, 11) is 0. The molecule has 0 heterocycles. The second kappa shape index (κ2) is 8.09. The van der Waals surface area contributed by atoms with Crippen LogP contribution in [-0.4, -0.2) is 18.6 Å². The fourth-order valence-electron chi connectivity index (χ4n) is 1.90. The lowest BCUT2D eigenvalue weighted by atomic mass is 10.3. The zero-order chi connectivity index (χ0) is 16.8. The molecule has 0 saturated carbocycles. The van der Waals surface area contributed by atoms with Gasteiger partial charge in [0.25, 0.3) is 0 Å². The molecule has 2 rings (SSSR count). The van der Waals surface area contributed by atoms with Gasteiger partial charge in [-0.25, -0.2) is 0 Å². The summed E-state index contributed by atoms with van der Waals surface area (Å²) in [5.41, 5.74) is 1.32. The van der Waals surface area contributed by atoms with Crippen LogP contribution in [0.1, 0.15) is 13.8 Å². The van der Waals surface area contributed by atoms with Crippen LogP contribution in [0.5, 0.6) is 5.75 Å². The fraction of sp³-hybridized carbons (Fsp3) is 0.235. The molecule has 0 aliphatic heterocycles. The van der Waals surface area contributed by atoms with Crippen molar-refractivity contribution in [3.63, 3.8) is 0 Å². The van der Waals surface area contributed by atoms with E-state index in [1.807, 2.05) is 38.1 Å². The molecule has 4 nitrogen and oxygen atoms in total. The Labute approximate surface area is 145 Å². The van der Waals surface area contributed by atoms with Gasteiger partial charge in [0.1, 0.15) is 5.75 Å². The van der Waals surface area contributed by atoms with Gasteiger partial charge in [-0.1, -0.05) is 29.3 Å². The Balaban J connectivity index is 1.88. The number of benzene rings is 2. The maximum absolute atomic E-state index is 12.0. The van der Waals surface area contributed by atoms with Crippen molar-refractivity contribution in [3.8, 4) is 5.75 Å². The fourth-order valence-corrected chi connectivity index (χ4v) is 2.25. The van der Waals surface area contributed by atoms with Crippen molar-refractivity contribution in [1.29, 1.82) is 0 Å². The first kappa shape index (κ1) is 17.4. The van der Waals surface area contributed by atoms with E-state index in [9.17, 15) is 4.79 Å². The Bertz CT molecular complexity index is 673. The van der Waals surface area contributed by atoms with Crippen LogP contribution in [0.4, 0.5) is 11.4 Å². The van der Waals surface area contributed by atoms with Gasteiger partial charge < -0.3 is 15.4 Å². The summed E-state index contributed by atoms with van der Waals surface area (Å²) in [6, 6.07) is 12.5.